The number of oxime groups is 1. The molecule has 2 heterocycles. The minimum Gasteiger partial charge on any atom is -0.409 e. The van der Waals surface area contributed by atoms with Gasteiger partial charge in [-0.15, -0.1) is 0 Å². The van der Waals surface area contributed by atoms with E-state index in [2.05, 4.69) is 15.3 Å². The second-order valence-corrected chi connectivity index (χ2v) is 9.68. The van der Waals surface area contributed by atoms with E-state index in [1.54, 1.807) is 12.4 Å². The maximum atomic E-state index is 9.15. The van der Waals surface area contributed by atoms with Gasteiger partial charge in [0.05, 0.1) is 22.3 Å². The molecule has 4 saturated carbocycles. The first kappa shape index (κ1) is 20.1. The fourth-order valence-electron chi connectivity index (χ4n) is 5.05. The molecule has 0 unspecified atom stereocenters. The second kappa shape index (κ2) is 7.39. The number of hydrogen-bond donors (Lipinski definition) is 2. The molecule has 0 aromatic carbocycles. The average molecular weight is 451 g/mol. The molecule has 4 aliphatic rings. The van der Waals surface area contributed by atoms with Gasteiger partial charge in [0.15, 0.2) is 0 Å². The van der Waals surface area contributed by atoms with Crippen molar-refractivity contribution in [2.24, 2.45) is 16.3 Å². The molecule has 9 heteroatoms. The quantitative estimate of drug-likeness (QED) is 0.268. The molecule has 30 heavy (non-hydrogen) atoms. The molecular weight excluding hydrogens is 427 g/mol. The van der Waals surface area contributed by atoms with Gasteiger partial charge in [0.2, 0.25) is 0 Å². The Labute approximate surface area is 184 Å². The van der Waals surface area contributed by atoms with Crippen molar-refractivity contribution >= 4 is 29.0 Å². The highest BCUT2D eigenvalue weighted by Crippen LogP contribution is 2.55. The summed E-state index contributed by atoms with van der Waals surface area (Å²) in [5.41, 5.74) is 7.83. The fraction of sp³-hybridized carbons (Fsp3) is 0.571. The number of fused-ring (bicyclic) bond motifs is 3. The largest absolute Gasteiger partial charge is 0.409 e. The van der Waals surface area contributed by atoms with E-state index in [-0.39, 0.29) is 11.0 Å². The third-order valence-electron chi connectivity index (χ3n) is 7.21. The minimum absolute atomic E-state index is 0.181. The molecule has 0 aliphatic heterocycles. The van der Waals surface area contributed by atoms with Crippen LogP contribution in [0.15, 0.2) is 22.1 Å². The van der Waals surface area contributed by atoms with Crippen molar-refractivity contribution < 1.29 is 14.5 Å². The van der Waals surface area contributed by atoms with Crippen LogP contribution >= 0.6 is 23.2 Å². The first-order valence-corrected chi connectivity index (χ1v) is 11.1. The predicted octanol–water partition coefficient (Wildman–Crippen LogP) is 5.28. The van der Waals surface area contributed by atoms with Crippen LogP contribution in [-0.4, -0.2) is 26.8 Å². The molecule has 4 aliphatic carbocycles. The summed E-state index contributed by atoms with van der Waals surface area (Å²) in [5, 5.41) is 17.7. The molecule has 0 radical (unpaired) electrons. The molecule has 2 bridgehead atoms. The molecular formula is C21H24Cl2N4O3. The van der Waals surface area contributed by atoms with Gasteiger partial charge in [0.25, 0.3) is 0 Å². The first-order valence-electron chi connectivity index (χ1n) is 10.4. The first-order chi connectivity index (χ1) is 14.5. The molecule has 0 spiro atoms. The molecule has 3 N–H and O–H groups in total. The minimum atomic E-state index is -0.196. The Morgan fingerprint density at radius 1 is 1.17 bits per heavy atom. The lowest BCUT2D eigenvalue weighted by Crippen LogP contribution is -2.52. The highest BCUT2D eigenvalue weighted by atomic mass is 35.5. The van der Waals surface area contributed by atoms with E-state index in [1.165, 1.54) is 0 Å². The zero-order valence-corrected chi connectivity index (χ0v) is 18.0. The molecule has 2 aromatic rings. The van der Waals surface area contributed by atoms with Crippen LogP contribution in [0.5, 0.6) is 0 Å². The van der Waals surface area contributed by atoms with Gasteiger partial charge in [-0.05, 0) is 51.4 Å². The lowest BCUT2D eigenvalue weighted by atomic mass is 9.58. The Morgan fingerprint density at radius 3 is 2.37 bits per heavy atom. The molecule has 0 amide bonds. The van der Waals surface area contributed by atoms with Crippen molar-refractivity contribution in [3.05, 3.63) is 33.8 Å². The number of ether oxygens (including phenoxy) is 1. The fourth-order valence-corrected chi connectivity index (χ4v) is 5.59. The SMILES string of the molecule is N/C(=N\O)C12CCC(OCc3c(-c4c(Cl)cncc4Cl)noc3C3CC3)(CC1)CC2. The lowest BCUT2D eigenvalue weighted by molar-refractivity contribution is -0.130. The number of nitrogens with zero attached hydrogens (tertiary/aromatic N) is 3. The number of halogens is 2. The summed E-state index contributed by atoms with van der Waals surface area (Å²) >= 11 is 12.8. The summed E-state index contributed by atoms with van der Waals surface area (Å²) in [6.45, 7) is 0.399. The highest BCUT2D eigenvalue weighted by molar-refractivity contribution is 6.38. The van der Waals surface area contributed by atoms with Gasteiger partial charge in [0.1, 0.15) is 17.3 Å². The molecule has 0 atom stereocenters. The average Bonchev–Trinajstić information content (AvgIpc) is 3.53. The van der Waals surface area contributed by atoms with Crippen molar-refractivity contribution in [1.82, 2.24) is 10.1 Å². The third kappa shape index (κ3) is 3.27. The standard InChI is InChI=1S/C21H24Cl2N4O3/c22-14-9-25-10-15(23)16(14)17-13(18(30-27-17)12-1-2-12)11-29-21-6-3-20(4-7-21,5-8-21)19(24)26-28/h9-10,12,28H,1-8,11H2,(H2,24,26). The number of aromatic nitrogens is 2. The van der Waals surface area contributed by atoms with Gasteiger partial charge in [-0.2, -0.15) is 0 Å². The number of amidine groups is 1. The van der Waals surface area contributed by atoms with Gasteiger partial charge in [-0.1, -0.05) is 33.5 Å². The van der Waals surface area contributed by atoms with E-state index in [0.29, 0.717) is 39.7 Å². The molecule has 2 aromatic heterocycles. The van der Waals surface area contributed by atoms with Crippen molar-refractivity contribution in [2.75, 3.05) is 0 Å². The van der Waals surface area contributed by atoms with Crippen LogP contribution in [0.3, 0.4) is 0 Å². The van der Waals surface area contributed by atoms with Crippen molar-refractivity contribution in [2.45, 2.75) is 69.5 Å². The summed E-state index contributed by atoms with van der Waals surface area (Å²) in [4.78, 5) is 4.04. The van der Waals surface area contributed by atoms with Crippen LogP contribution in [0, 0.1) is 5.41 Å². The Hall–Kier alpha value is -1.83. The zero-order chi connectivity index (χ0) is 20.9. The Bertz CT molecular complexity index is 957. The van der Waals surface area contributed by atoms with Crippen LogP contribution in [-0.2, 0) is 11.3 Å². The molecule has 7 nitrogen and oxygen atoms in total. The van der Waals surface area contributed by atoms with Gasteiger partial charge in [-0.3, -0.25) is 4.98 Å². The van der Waals surface area contributed by atoms with Crippen LogP contribution in [0.2, 0.25) is 10.0 Å². The van der Waals surface area contributed by atoms with Crippen molar-refractivity contribution in [1.29, 1.82) is 0 Å². The summed E-state index contributed by atoms with van der Waals surface area (Å²) in [5.74, 6) is 1.62. The van der Waals surface area contributed by atoms with E-state index < -0.39 is 0 Å². The lowest BCUT2D eigenvalue weighted by Gasteiger charge is -2.52. The predicted molar refractivity (Wildman–Crippen MR) is 113 cm³/mol. The zero-order valence-electron chi connectivity index (χ0n) is 16.5. The van der Waals surface area contributed by atoms with Crippen LogP contribution < -0.4 is 5.73 Å². The number of pyridine rings is 1. The highest BCUT2D eigenvalue weighted by Gasteiger charge is 2.51. The second-order valence-electron chi connectivity index (χ2n) is 8.86. The Balaban J connectivity index is 1.41. The molecule has 4 fully saturated rings. The Morgan fingerprint density at radius 2 is 1.80 bits per heavy atom. The maximum Gasteiger partial charge on any atom is 0.145 e. The molecule has 6 rings (SSSR count). The van der Waals surface area contributed by atoms with E-state index in [9.17, 15) is 0 Å². The summed E-state index contributed by atoms with van der Waals surface area (Å²) < 4.78 is 12.3. The Kier molecular flexibility index (Phi) is 4.95. The van der Waals surface area contributed by atoms with E-state index in [4.69, 9.17) is 43.4 Å². The number of rotatable bonds is 6. The van der Waals surface area contributed by atoms with Crippen molar-refractivity contribution in [3.63, 3.8) is 0 Å². The summed E-state index contributed by atoms with van der Waals surface area (Å²) in [6.07, 6.45) is 10.6. The van der Waals surface area contributed by atoms with Gasteiger partial charge in [-0.25, -0.2) is 0 Å². The van der Waals surface area contributed by atoms with Crippen LogP contribution in [0.1, 0.15) is 68.6 Å². The number of nitrogens with two attached hydrogens (primary N) is 1. The number of hydrogen-bond acceptors (Lipinski definition) is 6. The third-order valence-corrected chi connectivity index (χ3v) is 7.78. The smallest absolute Gasteiger partial charge is 0.145 e. The van der Waals surface area contributed by atoms with E-state index >= 15 is 0 Å². The van der Waals surface area contributed by atoms with Crippen LogP contribution in [0.25, 0.3) is 11.3 Å². The molecule has 160 valence electrons. The monoisotopic (exact) mass is 450 g/mol. The topological polar surface area (TPSA) is 107 Å². The van der Waals surface area contributed by atoms with Crippen molar-refractivity contribution in [3.8, 4) is 11.3 Å². The molecule has 0 saturated heterocycles. The van der Waals surface area contributed by atoms with Gasteiger partial charge < -0.3 is 20.2 Å². The summed E-state index contributed by atoms with van der Waals surface area (Å²) in [6, 6.07) is 0. The van der Waals surface area contributed by atoms with E-state index in [0.717, 1.165) is 62.7 Å². The van der Waals surface area contributed by atoms with Crippen LogP contribution in [0.4, 0.5) is 0 Å². The maximum absolute atomic E-state index is 9.15. The summed E-state index contributed by atoms with van der Waals surface area (Å²) in [7, 11) is 0. The van der Waals surface area contributed by atoms with E-state index in [1.807, 2.05) is 0 Å². The normalized spacial score (nSPS) is 28.8. The van der Waals surface area contributed by atoms with Gasteiger partial charge >= 0.3 is 0 Å². The van der Waals surface area contributed by atoms with Gasteiger partial charge in [0, 0.05) is 34.9 Å².